The van der Waals surface area contributed by atoms with Crippen molar-refractivity contribution in [2.75, 3.05) is 19.6 Å². The average molecular weight is 1400 g/mol. The van der Waals surface area contributed by atoms with E-state index in [-0.39, 0.29) is 5.41 Å². The number of benzene rings is 13. The summed E-state index contributed by atoms with van der Waals surface area (Å²) in [6, 6.07) is 119. The Hall–Kier alpha value is -10.8. The molecule has 0 spiro atoms. The molecule has 0 saturated heterocycles. The summed E-state index contributed by atoms with van der Waals surface area (Å²) in [7, 11) is 0. The van der Waals surface area contributed by atoms with Gasteiger partial charge in [-0.15, -0.1) is 22.7 Å². The van der Waals surface area contributed by atoms with Gasteiger partial charge in [0.1, 0.15) is 0 Å². The third-order valence-corrected chi connectivity index (χ3v) is 26.4. The van der Waals surface area contributed by atoms with Crippen molar-refractivity contribution in [3.05, 3.63) is 338 Å². The molecule has 15 aromatic rings. The molecular formula is C99H86N4S2. The number of fused-ring (bicyclic) bond motifs is 6. The molecule has 0 N–H and O–H groups in total. The number of hydrogen-bond donors (Lipinski definition) is 0. The minimum Gasteiger partial charge on any atom is -0.311 e. The summed E-state index contributed by atoms with van der Waals surface area (Å²) in [6.45, 7) is 7.10. The molecule has 4 bridgehead atoms. The quantitative estimate of drug-likeness (QED) is 0.0794. The van der Waals surface area contributed by atoms with Crippen molar-refractivity contribution in [2.24, 2.45) is 23.7 Å². The average Bonchev–Trinajstić information content (AvgIpc) is 1.37. The molecule has 20 rings (SSSR count). The second kappa shape index (κ2) is 27.1. The summed E-state index contributed by atoms with van der Waals surface area (Å²) >= 11 is 3.74. The van der Waals surface area contributed by atoms with Crippen molar-refractivity contribution in [1.29, 1.82) is 0 Å². The highest BCUT2D eigenvalue weighted by atomic mass is 32.1. The van der Waals surface area contributed by atoms with Crippen molar-refractivity contribution in [2.45, 2.75) is 95.8 Å². The van der Waals surface area contributed by atoms with Crippen LogP contribution in [0, 0.1) is 23.7 Å². The zero-order chi connectivity index (χ0) is 70.2. The van der Waals surface area contributed by atoms with E-state index >= 15 is 0 Å². The molecule has 5 aliphatic carbocycles. The number of hydrogen-bond acceptors (Lipinski definition) is 6. The van der Waals surface area contributed by atoms with Gasteiger partial charge in [0.25, 0.3) is 0 Å². The number of allylic oxidation sites excluding steroid dienone is 2. The van der Waals surface area contributed by atoms with E-state index in [1.807, 2.05) is 22.7 Å². The van der Waals surface area contributed by atoms with Crippen LogP contribution in [0.2, 0.25) is 0 Å². The van der Waals surface area contributed by atoms with Crippen LogP contribution in [0.4, 0.5) is 68.2 Å². The van der Waals surface area contributed by atoms with Crippen LogP contribution in [-0.2, 0) is 10.8 Å². The van der Waals surface area contributed by atoms with Crippen molar-refractivity contribution in [3.8, 4) is 22.3 Å². The van der Waals surface area contributed by atoms with Gasteiger partial charge in [-0.05, 0) is 296 Å². The summed E-state index contributed by atoms with van der Waals surface area (Å²) in [4.78, 5) is 9.71. The summed E-state index contributed by atoms with van der Waals surface area (Å²) in [5.41, 5.74) is 23.3. The van der Waals surface area contributed by atoms with E-state index in [2.05, 4.69) is 362 Å². The van der Waals surface area contributed by atoms with Crippen molar-refractivity contribution in [1.82, 2.24) is 0 Å². The number of thiophene rings is 2. The van der Waals surface area contributed by atoms with E-state index in [4.69, 9.17) is 0 Å². The Morgan fingerprint density at radius 1 is 0.305 bits per heavy atom. The Morgan fingerprint density at radius 2 is 0.686 bits per heavy atom. The lowest BCUT2D eigenvalue weighted by Crippen LogP contribution is -2.48. The number of anilines is 12. The molecule has 2 heterocycles. The highest BCUT2D eigenvalue weighted by molar-refractivity contribution is 7.26. The Labute approximate surface area is 626 Å². The van der Waals surface area contributed by atoms with Crippen LogP contribution in [-0.4, -0.2) is 0 Å². The second-order valence-corrected chi connectivity index (χ2v) is 32.9. The first-order chi connectivity index (χ1) is 51.7. The van der Waals surface area contributed by atoms with Gasteiger partial charge in [0.15, 0.2) is 0 Å². The largest absolute Gasteiger partial charge is 0.311 e. The Morgan fingerprint density at radius 3 is 1.22 bits per heavy atom. The van der Waals surface area contributed by atoms with Crippen LogP contribution in [0.1, 0.15) is 96.1 Å². The summed E-state index contributed by atoms with van der Waals surface area (Å²) < 4.78 is 5.11. The van der Waals surface area contributed by atoms with E-state index in [1.165, 1.54) is 113 Å². The van der Waals surface area contributed by atoms with Crippen molar-refractivity contribution in [3.63, 3.8) is 0 Å². The van der Waals surface area contributed by atoms with Crippen molar-refractivity contribution < 1.29 is 0 Å². The first-order valence-corrected chi connectivity index (χ1v) is 39.9. The zero-order valence-electron chi connectivity index (χ0n) is 60.1. The number of rotatable bonds is 18. The molecule has 4 saturated carbocycles. The molecule has 2 atom stereocenters. The normalized spacial score (nSPS) is 19.7. The molecule has 0 amide bonds. The van der Waals surface area contributed by atoms with Crippen LogP contribution in [0.15, 0.2) is 327 Å². The first-order valence-electron chi connectivity index (χ1n) is 38.2. The van der Waals surface area contributed by atoms with Crippen LogP contribution in [0.25, 0.3) is 62.6 Å². The molecule has 4 fully saturated rings. The van der Waals surface area contributed by atoms with Crippen molar-refractivity contribution >= 4 is 131 Å². The van der Waals surface area contributed by atoms with Gasteiger partial charge in [0.2, 0.25) is 0 Å². The molecule has 0 radical (unpaired) electrons. The van der Waals surface area contributed by atoms with Gasteiger partial charge >= 0.3 is 0 Å². The molecule has 514 valence electrons. The zero-order valence-corrected chi connectivity index (χ0v) is 61.7. The molecular weight excluding hydrogens is 1310 g/mol. The summed E-state index contributed by atoms with van der Waals surface area (Å²) in [5, 5.41) is 5.12. The lowest BCUT2D eigenvalue weighted by atomic mass is 9.48. The van der Waals surface area contributed by atoms with Crippen LogP contribution < -0.4 is 19.6 Å². The molecule has 2 aromatic heterocycles. The molecule has 13 aromatic carbocycles. The minimum atomic E-state index is 0.152. The van der Waals surface area contributed by atoms with E-state index in [0.29, 0.717) is 11.3 Å². The predicted molar refractivity (Wildman–Crippen MR) is 450 cm³/mol. The monoisotopic (exact) mass is 1390 g/mol. The second-order valence-electron chi connectivity index (χ2n) is 30.7. The van der Waals surface area contributed by atoms with E-state index in [9.17, 15) is 0 Å². The first kappa shape index (κ1) is 65.0. The fraction of sp³-hybridized carbons (Fsp3) is 0.192. The third-order valence-electron chi connectivity index (χ3n) is 24.2. The lowest BCUT2D eigenvalue weighted by molar-refractivity contribution is -0.00518. The van der Waals surface area contributed by atoms with Gasteiger partial charge in [-0.25, -0.2) is 0 Å². The lowest BCUT2D eigenvalue weighted by Gasteiger charge is -2.57. The number of nitrogens with zero attached hydrogens (tertiary/aromatic N) is 4. The van der Waals surface area contributed by atoms with Crippen LogP contribution >= 0.6 is 22.7 Å². The summed E-state index contributed by atoms with van der Waals surface area (Å²) in [5.74, 6) is 3.31. The Kier molecular flexibility index (Phi) is 16.8. The van der Waals surface area contributed by atoms with Gasteiger partial charge in [0, 0.05) is 109 Å². The highest BCUT2D eigenvalue weighted by Crippen LogP contribution is 2.61. The molecule has 4 nitrogen and oxygen atoms in total. The topological polar surface area (TPSA) is 13.0 Å². The maximum absolute atomic E-state index is 2.53. The minimum absolute atomic E-state index is 0.152. The van der Waals surface area contributed by atoms with Gasteiger partial charge in [0.05, 0.1) is 0 Å². The highest BCUT2D eigenvalue weighted by Gasteiger charge is 2.51. The summed E-state index contributed by atoms with van der Waals surface area (Å²) in [6.07, 6.45) is 15.6. The maximum atomic E-state index is 2.53. The number of para-hydroxylation sites is 3. The molecule has 0 aliphatic heterocycles. The van der Waals surface area contributed by atoms with Gasteiger partial charge in [-0.3, -0.25) is 0 Å². The third kappa shape index (κ3) is 12.1. The predicted octanol–water partition coefficient (Wildman–Crippen LogP) is 29.5. The van der Waals surface area contributed by atoms with Gasteiger partial charge in [-0.1, -0.05) is 184 Å². The van der Waals surface area contributed by atoms with Crippen LogP contribution in [0.3, 0.4) is 0 Å². The van der Waals surface area contributed by atoms with E-state index in [0.717, 1.165) is 105 Å². The molecule has 2 unspecified atom stereocenters. The molecule has 6 heteroatoms. The fourth-order valence-corrected chi connectivity index (χ4v) is 21.9. The van der Waals surface area contributed by atoms with E-state index in [1.54, 1.807) is 11.1 Å². The molecule has 105 heavy (non-hydrogen) atoms. The van der Waals surface area contributed by atoms with Gasteiger partial charge in [-0.2, -0.15) is 0 Å². The fourth-order valence-electron chi connectivity index (χ4n) is 19.7. The van der Waals surface area contributed by atoms with Crippen LogP contribution in [0.5, 0.6) is 0 Å². The smallest absolute Gasteiger partial charge is 0.0482 e. The Bertz CT molecular complexity index is 5680. The Balaban J connectivity index is 0.634. The van der Waals surface area contributed by atoms with Gasteiger partial charge < -0.3 is 19.6 Å². The van der Waals surface area contributed by atoms with E-state index < -0.39 is 0 Å². The SMILES string of the molecule is CCC1=CC(C)CC(CC)(c2ccc(N(c3ccccc3)c3cccc(N(c4ccccc4)c4ccc5c(c4)sc4ccc(-c6cccc(-c7cccc(N(c8ccc(N(c9ccccc9)c9ccc(C%10%11CC%12CC(CC(C%12)C%10)C%11)cc9)cc8)c8ccc9c(c8)sc8ccccc89)c7)c6)cc45)c3)cc2)C1. The molecule has 5 aliphatic rings. The maximum Gasteiger partial charge on any atom is 0.0482 e. The standard InChI is InChI=1S/C99H86N4S2/c1-4-68-52-67(3)62-98(5-2,63-68)76-35-39-82(40-36-76)101(79-25-11-7-12-26-79)86-30-19-31-87(59-86)102(80-27-13-8-14-28-80)88-48-50-92-93-58-75(34-51-95(93)105-97(92)61-88)73-21-17-20-72(56-73)74-22-18-29-85(57-74)103(89-47-49-91-90-32-15-16-33-94(90)104-96(91)60-89)84-45-43-83(44-46-84)100(78-23-9-6-10-24-78)81-41-37-77(38-42-81)99-64-69-53-70(65-99)55-71(54-69)66-99/h6-52,56-61,67,69-71H,4-5,53-55,62-66H2,1-3H3.